The van der Waals surface area contributed by atoms with Crippen LogP contribution in [0.1, 0.15) is 57.8 Å². The molecule has 2 fully saturated rings. The molecule has 15 heavy (non-hydrogen) atoms. The van der Waals surface area contributed by atoms with Crippen molar-refractivity contribution in [2.24, 2.45) is 11.8 Å². The molecule has 0 aromatic carbocycles. The Labute approximate surface area is 93.0 Å². The van der Waals surface area contributed by atoms with Gasteiger partial charge in [0.15, 0.2) is 0 Å². The molecule has 0 heterocycles. The zero-order chi connectivity index (χ0) is 10.5. The lowest BCUT2D eigenvalue weighted by molar-refractivity contribution is -0.0995. The van der Waals surface area contributed by atoms with Crippen molar-refractivity contribution >= 4 is 0 Å². The minimum Gasteiger partial charge on any atom is -0.371 e. The topological polar surface area (TPSA) is 29.5 Å². The summed E-state index contributed by atoms with van der Waals surface area (Å²) in [5.74, 6) is 1.63. The smallest absolute Gasteiger partial charge is 0.143 e. The summed E-state index contributed by atoms with van der Waals surface area (Å²) in [4.78, 5) is 0. The summed E-state index contributed by atoms with van der Waals surface area (Å²) < 4.78 is 5.50. The van der Waals surface area contributed by atoms with Gasteiger partial charge >= 0.3 is 0 Å². The Morgan fingerprint density at radius 3 is 2.27 bits per heavy atom. The maximum absolute atomic E-state index is 8.91. The van der Waals surface area contributed by atoms with Gasteiger partial charge < -0.3 is 9.84 Å². The van der Waals surface area contributed by atoms with Gasteiger partial charge in [0.1, 0.15) is 6.79 Å². The van der Waals surface area contributed by atoms with Crippen molar-refractivity contribution in [1.29, 1.82) is 0 Å². The molecule has 2 saturated carbocycles. The number of hydrogen-bond donors (Lipinski definition) is 1. The highest BCUT2D eigenvalue weighted by atomic mass is 16.6. The van der Waals surface area contributed by atoms with E-state index in [1.165, 1.54) is 57.8 Å². The van der Waals surface area contributed by atoms with Gasteiger partial charge in [0.25, 0.3) is 0 Å². The van der Waals surface area contributed by atoms with Crippen molar-refractivity contribution < 1.29 is 9.84 Å². The second kappa shape index (κ2) is 5.86. The molecule has 1 N–H and O–H groups in total. The van der Waals surface area contributed by atoms with Crippen LogP contribution >= 0.6 is 0 Å². The molecule has 0 amide bonds. The second-order valence-electron chi connectivity index (χ2n) is 5.18. The standard InChI is InChI=1S/C13H24O2/c14-10-15-13-9-5-4-8-12(13)11-6-2-1-3-7-11/h11-14H,1-10H2. The zero-order valence-electron chi connectivity index (χ0n) is 9.66. The summed E-state index contributed by atoms with van der Waals surface area (Å²) in [7, 11) is 0. The summed E-state index contributed by atoms with van der Waals surface area (Å²) in [6.07, 6.45) is 12.5. The molecular formula is C13H24O2. The highest BCUT2D eigenvalue weighted by Gasteiger charge is 2.32. The first kappa shape index (κ1) is 11.4. The van der Waals surface area contributed by atoms with E-state index < -0.39 is 0 Å². The normalized spacial score (nSPS) is 34.2. The van der Waals surface area contributed by atoms with Gasteiger partial charge in [-0.15, -0.1) is 0 Å². The molecule has 2 unspecified atom stereocenters. The van der Waals surface area contributed by atoms with Gasteiger partial charge in [-0.05, 0) is 24.7 Å². The molecule has 0 bridgehead atoms. The molecule has 2 aliphatic rings. The number of aliphatic hydroxyl groups is 1. The maximum atomic E-state index is 8.91. The Bertz CT molecular complexity index is 163. The molecule has 0 aliphatic heterocycles. The van der Waals surface area contributed by atoms with E-state index in [0.717, 1.165) is 11.8 Å². The van der Waals surface area contributed by atoms with Gasteiger partial charge in [-0.3, -0.25) is 0 Å². The van der Waals surface area contributed by atoms with Crippen LogP contribution in [0.5, 0.6) is 0 Å². The van der Waals surface area contributed by atoms with Crippen LogP contribution in [0.15, 0.2) is 0 Å². The first-order valence-electron chi connectivity index (χ1n) is 6.64. The lowest BCUT2D eigenvalue weighted by atomic mass is 9.72. The Kier molecular flexibility index (Phi) is 4.45. The summed E-state index contributed by atoms with van der Waals surface area (Å²) in [5, 5.41) is 8.91. The Morgan fingerprint density at radius 1 is 0.867 bits per heavy atom. The van der Waals surface area contributed by atoms with Crippen LogP contribution in [-0.4, -0.2) is 18.0 Å². The minimum atomic E-state index is -0.0894. The minimum absolute atomic E-state index is 0.0894. The molecule has 2 aliphatic carbocycles. The van der Waals surface area contributed by atoms with Gasteiger partial charge in [-0.1, -0.05) is 44.9 Å². The third kappa shape index (κ3) is 2.94. The van der Waals surface area contributed by atoms with Gasteiger partial charge in [-0.25, -0.2) is 0 Å². The predicted molar refractivity (Wildman–Crippen MR) is 60.5 cm³/mol. The zero-order valence-corrected chi connectivity index (χ0v) is 9.66. The fraction of sp³-hybridized carbons (Fsp3) is 1.00. The van der Waals surface area contributed by atoms with Crippen LogP contribution < -0.4 is 0 Å². The first-order chi connectivity index (χ1) is 7.42. The highest BCUT2D eigenvalue weighted by molar-refractivity contribution is 4.83. The lowest BCUT2D eigenvalue weighted by Gasteiger charge is -2.38. The quantitative estimate of drug-likeness (QED) is 0.728. The van der Waals surface area contributed by atoms with Crippen molar-refractivity contribution in [2.45, 2.75) is 63.9 Å². The highest BCUT2D eigenvalue weighted by Crippen LogP contribution is 2.39. The molecule has 88 valence electrons. The van der Waals surface area contributed by atoms with Crippen molar-refractivity contribution in [2.75, 3.05) is 6.79 Å². The van der Waals surface area contributed by atoms with E-state index in [9.17, 15) is 0 Å². The fourth-order valence-corrected chi connectivity index (χ4v) is 3.53. The largest absolute Gasteiger partial charge is 0.371 e. The maximum Gasteiger partial charge on any atom is 0.143 e. The van der Waals surface area contributed by atoms with Crippen molar-refractivity contribution in [3.8, 4) is 0 Å². The molecular weight excluding hydrogens is 188 g/mol. The fourth-order valence-electron chi connectivity index (χ4n) is 3.53. The molecule has 0 radical (unpaired) electrons. The molecule has 2 nitrogen and oxygen atoms in total. The van der Waals surface area contributed by atoms with E-state index >= 15 is 0 Å². The lowest BCUT2D eigenvalue weighted by Crippen LogP contribution is -2.34. The van der Waals surface area contributed by atoms with E-state index in [4.69, 9.17) is 9.84 Å². The summed E-state index contributed by atoms with van der Waals surface area (Å²) in [6, 6.07) is 0. The molecule has 0 aromatic rings. The van der Waals surface area contributed by atoms with Crippen LogP contribution in [0.4, 0.5) is 0 Å². The molecule has 0 aromatic heterocycles. The van der Waals surface area contributed by atoms with Crippen molar-refractivity contribution in [1.82, 2.24) is 0 Å². The van der Waals surface area contributed by atoms with Gasteiger partial charge in [0.05, 0.1) is 6.10 Å². The molecule has 2 rings (SSSR count). The van der Waals surface area contributed by atoms with Crippen LogP contribution in [0, 0.1) is 11.8 Å². The SMILES string of the molecule is OCOC1CCCCC1C1CCCCC1. The van der Waals surface area contributed by atoms with E-state index in [2.05, 4.69) is 0 Å². The Balaban J connectivity index is 1.90. The second-order valence-corrected chi connectivity index (χ2v) is 5.18. The van der Waals surface area contributed by atoms with Gasteiger partial charge in [-0.2, -0.15) is 0 Å². The van der Waals surface area contributed by atoms with E-state index in [1.807, 2.05) is 0 Å². The summed E-state index contributed by atoms with van der Waals surface area (Å²) in [5.41, 5.74) is 0. The molecule has 0 spiro atoms. The predicted octanol–water partition coefficient (Wildman–Crippen LogP) is 3.09. The molecule has 0 saturated heterocycles. The number of aliphatic hydroxyl groups excluding tert-OH is 1. The van der Waals surface area contributed by atoms with Crippen LogP contribution in [0.25, 0.3) is 0 Å². The molecule has 2 atom stereocenters. The van der Waals surface area contributed by atoms with Crippen molar-refractivity contribution in [3.63, 3.8) is 0 Å². The van der Waals surface area contributed by atoms with Crippen molar-refractivity contribution in [3.05, 3.63) is 0 Å². The Morgan fingerprint density at radius 2 is 1.53 bits per heavy atom. The average molecular weight is 212 g/mol. The molecule has 2 heteroatoms. The summed E-state index contributed by atoms with van der Waals surface area (Å²) >= 11 is 0. The van der Waals surface area contributed by atoms with E-state index in [-0.39, 0.29) is 6.79 Å². The number of rotatable bonds is 3. The number of hydrogen-bond acceptors (Lipinski definition) is 2. The Hall–Kier alpha value is -0.0800. The van der Waals surface area contributed by atoms with Crippen LogP contribution in [-0.2, 0) is 4.74 Å². The van der Waals surface area contributed by atoms with E-state index in [0.29, 0.717) is 6.10 Å². The van der Waals surface area contributed by atoms with Crippen LogP contribution in [0.2, 0.25) is 0 Å². The average Bonchev–Trinajstić information content (AvgIpc) is 2.31. The monoisotopic (exact) mass is 212 g/mol. The van der Waals surface area contributed by atoms with E-state index in [1.54, 1.807) is 0 Å². The van der Waals surface area contributed by atoms with Crippen LogP contribution in [0.3, 0.4) is 0 Å². The van der Waals surface area contributed by atoms with Gasteiger partial charge in [0.2, 0.25) is 0 Å². The number of ether oxygens (including phenoxy) is 1. The third-order valence-corrected chi connectivity index (χ3v) is 4.30. The summed E-state index contributed by atoms with van der Waals surface area (Å²) in [6.45, 7) is -0.0894. The third-order valence-electron chi connectivity index (χ3n) is 4.30. The van der Waals surface area contributed by atoms with Gasteiger partial charge in [0, 0.05) is 0 Å². The first-order valence-corrected chi connectivity index (χ1v) is 6.64.